The van der Waals surface area contributed by atoms with E-state index in [0.717, 1.165) is 0 Å². The maximum Gasteiger partial charge on any atom is -0.255 e. The Morgan fingerprint density at radius 2 is 1.25 bits per heavy atom. The van der Waals surface area contributed by atoms with Gasteiger partial charge in [0.05, 0.1) is 0 Å². The molecule has 0 aromatic heterocycles. The summed E-state index contributed by atoms with van der Waals surface area (Å²) in [4.78, 5) is 1.50. The second-order valence-corrected chi connectivity index (χ2v) is 1.09. The van der Waals surface area contributed by atoms with E-state index in [1.165, 1.54) is 17.8 Å². The molecule has 0 aliphatic heterocycles. The molecule has 3 nitrogen and oxygen atoms in total. The number of hydrogen-bond acceptors (Lipinski definition) is 0. The predicted octanol–water partition coefficient (Wildman–Crippen LogP) is 1.49. The first-order chi connectivity index (χ1) is 3.33. The molecule has 0 spiro atoms. The maximum absolute atomic E-state index is 6.75. The summed E-state index contributed by atoms with van der Waals surface area (Å²) in [6, 6.07) is 0. The van der Waals surface area contributed by atoms with Crippen LogP contribution in [0.5, 0.6) is 0 Å². The zero-order valence-corrected chi connectivity index (χ0v) is 4.76. The normalized spacial score (nSPS) is 4.75. The first-order valence-corrected chi connectivity index (χ1v) is 2.31. The fourth-order valence-corrected chi connectivity index (χ4v) is 0. The van der Waals surface area contributed by atoms with Crippen molar-refractivity contribution in [2.75, 3.05) is 0 Å². The van der Waals surface area contributed by atoms with E-state index in [9.17, 15) is 0 Å². The fraction of sp³-hybridized carbons (Fsp3) is 1.00. The van der Waals surface area contributed by atoms with Gasteiger partial charge in [-0.25, -0.2) is 0 Å². The monoisotopic (exact) mass is 172 g/mol. The van der Waals surface area contributed by atoms with Crippen molar-refractivity contribution in [3.8, 4) is 0 Å². The van der Waals surface area contributed by atoms with Gasteiger partial charge in [-0.05, 0) is 0 Å². The topological polar surface area (TPSA) is 58.7 Å². The van der Waals surface area contributed by atoms with E-state index in [4.69, 9.17) is 11.1 Å². The summed E-state index contributed by atoms with van der Waals surface area (Å²) < 4.78 is 0. The second kappa shape index (κ2) is 28.3. The first kappa shape index (κ1) is 15.7. The van der Waals surface area contributed by atoms with Crippen molar-refractivity contribution in [2.24, 2.45) is 0 Å². The third kappa shape index (κ3) is 162. The molecule has 0 bridgehead atoms. The van der Waals surface area contributed by atoms with Crippen molar-refractivity contribution in [3.63, 3.8) is 0 Å². The molecule has 0 N–H and O–H groups in total. The Morgan fingerprint density at radius 1 is 1.12 bits per heavy atom. The Balaban J connectivity index is -0.0000000575. The third-order valence-corrected chi connectivity index (χ3v) is 0.500. The van der Waals surface area contributed by atoms with Crippen LogP contribution in [-0.4, -0.2) is 19.8 Å². The molecule has 0 unspecified atom stereocenters. The van der Waals surface area contributed by atoms with Crippen molar-refractivity contribution >= 4 is 19.8 Å². The Labute approximate surface area is 62.9 Å². The van der Waals surface area contributed by atoms with Crippen LogP contribution in [0.4, 0.5) is 0 Å². The van der Waals surface area contributed by atoms with Crippen molar-refractivity contribution in [1.82, 2.24) is 0 Å². The molecule has 0 amide bonds. The van der Waals surface area contributed by atoms with Crippen LogP contribution in [-0.2, 0) is 0 Å². The minimum absolute atomic E-state index is 0. The molecule has 0 rings (SSSR count). The average Bonchev–Trinajstić information content (AvgIpc) is 1.69. The number of rotatable bonds is 1. The van der Waals surface area contributed by atoms with Gasteiger partial charge in [-0.1, -0.05) is 26.7 Å². The van der Waals surface area contributed by atoms with Crippen LogP contribution in [0.15, 0.2) is 0 Å². The van der Waals surface area contributed by atoms with E-state index < -0.39 is 0 Å². The van der Waals surface area contributed by atoms with Crippen LogP contribution in [0.3, 0.4) is 0 Å². The molecule has 8 heavy (non-hydrogen) atoms. The fourth-order valence-electron chi connectivity index (χ4n) is 0. The van der Waals surface area contributed by atoms with Crippen molar-refractivity contribution in [1.29, 1.82) is 0 Å². The molecule has 48 valence electrons. The van der Waals surface area contributed by atoms with Crippen molar-refractivity contribution in [2.45, 2.75) is 26.7 Å². The van der Waals surface area contributed by atoms with E-state index in [0.29, 0.717) is 0 Å². The Kier molecular flexibility index (Phi) is 55.4. The largest absolute Gasteiger partial charge is 0.373 e. The number of nitrogens with zero attached hydrogens (tertiary/aromatic N) is 3. The standard InChI is InChI=1S/C4H10.Ga.N3.3H/c1-3-4-2;;1-3-2;;;/h3-4H2,1-2H3;;;;;/q;;-1;;;. The van der Waals surface area contributed by atoms with E-state index in [1.807, 2.05) is 0 Å². The van der Waals surface area contributed by atoms with E-state index in [2.05, 4.69) is 13.8 Å². The average molecular weight is 173 g/mol. The molecule has 0 radical (unpaired) electrons. The first-order valence-electron chi connectivity index (χ1n) is 2.31. The summed E-state index contributed by atoms with van der Waals surface area (Å²) in [5.74, 6) is 0. The van der Waals surface area contributed by atoms with Gasteiger partial charge in [0.25, 0.3) is 0 Å². The van der Waals surface area contributed by atoms with Gasteiger partial charge in [0.15, 0.2) is 0 Å². The summed E-state index contributed by atoms with van der Waals surface area (Å²) in [6.45, 7) is 4.36. The van der Waals surface area contributed by atoms with Crippen LogP contribution in [0.2, 0.25) is 0 Å². The Hall–Kier alpha value is -0.0536. The summed E-state index contributed by atoms with van der Waals surface area (Å²) in [6.07, 6.45) is 2.64. The van der Waals surface area contributed by atoms with Crippen molar-refractivity contribution in [3.05, 3.63) is 16.0 Å². The second-order valence-electron chi connectivity index (χ2n) is 1.09. The van der Waals surface area contributed by atoms with Crippen LogP contribution in [0.1, 0.15) is 26.7 Å². The summed E-state index contributed by atoms with van der Waals surface area (Å²) >= 11 is 0. The molecule has 4 heteroatoms. The minimum atomic E-state index is 0. The van der Waals surface area contributed by atoms with Crippen LogP contribution in [0.25, 0.3) is 16.0 Å². The molecule has 0 saturated heterocycles. The van der Waals surface area contributed by atoms with E-state index in [-0.39, 0.29) is 19.8 Å². The summed E-state index contributed by atoms with van der Waals surface area (Å²) in [5, 5.41) is 0. The molecule has 0 aromatic carbocycles. The molecular weight excluding hydrogens is 160 g/mol. The quantitative estimate of drug-likeness (QED) is 0.249. The molecule has 0 aromatic rings. The van der Waals surface area contributed by atoms with Gasteiger partial charge in [0.1, 0.15) is 0 Å². The van der Waals surface area contributed by atoms with Gasteiger partial charge >= 0.3 is 19.8 Å². The SMILES string of the molecule is CCCC.[GaH3].[N-]=[N+]=[N-]. The third-order valence-electron chi connectivity index (χ3n) is 0.500. The predicted molar refractivity (Wildman–Crippen MR) is 40.6 cm³/mol. The molecule has 0 aliphatic rings. The van der Waals surface area contributed by atoms with Gasteiger partial charge in [-0.3, -0.25) is 4.91 Å². The van der Waals surface area contributed by atoms with Gasteiger partial charge in [0, 0.05) is 0 Å². The van der Waals surface area contributed by atoms with E-state index >= 15 is 0 Å². The molecule has 0 fully saturated rings. The maximum atomic E-state index is 6.75. The molecule has 0 aliphatic carbocycles. The zero-order valence-electron chi connectivity index (χ0n) is 4.76. The van der Waals surface area contributed by atoms with Crippen LogP contribution >= 0.6 is 0 Å². The zero-order chi connectivity index (χ0) is 6.12. The van der Waals surface area contributed by atoms with E-state index in [1.54, 1.807) is 0 Å². The smallest absolute Gasteiger partial charge is 0.255 e. The summed E-state index contributed by atoms with van der Waals surface area (Å²) in [7, 11) is 0. The van der Waals surface area contributed by atoms with Crippen LogP contribution in [0, 0.1) is 0 Å². The molecular formula is C4H13GaN3-. The Morgan fingerprint density at radius 3 is 1.25 bits per heavy atom. The van der Waals surface area contributed by atoms with Gasteiger partial charge in [0.2, 0.25) is 0 Å². The van der Waals surface area contributed by atoms with Gasteiger partial charge < -0.3 is 11.1 Å². The molecule has 0 heterocycles. The minimum Gasteiger partial charge on any atom is -0.373 e. The van der Waals surface area contributed by atoms with Gasteiger partial charge in [-0.15, -0.1) is 0 Å². The van der Waals surface area contributed by atoms with Crippen LogP contribution < -0.4 is 0 Å². The molecule has 0 atom stereocenters. The summed E-state index contributed by atoms with van der Waals surface area (Å²) in [5.41, 5.74) is 13.5. The molecule has 0 saturated carbocycles. The van der Waals surface area contributed by atoms with Gasteiger partial charge in [-0.2, -0.15) is 0 Å². The van der Waals surface area contributed by atoms with Crippen molar-refractivity contribution < 1.29 is 0 Å². The number of unbranched alkanes of at least 4 members (excludes halogenated alkanes) is 1. The Bertz CT molecular complexity index is 47.2. The number of hydrogen-bond donors (Lipinski definition) is 0.